The molecule has 1 unspecified atom stereocenters. The van der Waals surface area contributed by atoms with Crippen LogP contribution >= 0.6 is 0 Å². The monoisotopic (exact) mass is 549 g/mol. The van der Waals surface area contributed by atoms with Gasteiger partial charge in [-0.1, -0.05) is 129 Å². The maximum absolute atomic E-state index is 12.5. The van der Waals surface area contributed by atoms with E-state index < -0.39 is 5.97 Å². The molecule has 4 heteroatoms. The van der Waals surface area contributed by atoms with E-state index in [1.54, 1.807) is 0 Å². The molecular weight excluding hydrogens is 484 g/mol. The van der Waals surface area contributed by atoms with Crippen molar-refractivity contribution in [2.24, 2.45) is 0 Å². The van der Waals surface area contributed by atoms with Crippen LogP contribution in [0.15, 0.2) is 12.2 Å². The third-order valence-electron chi connectivity index (χ3n) is 7.73. The smallest absolute Gasteiger partial charge is 0.306 e. The summed E-state index contributed by atoms with van der Waals surface area (Å²) in [5, 5.41) is 10.5. The predicted molar refractivity (Wildman–Crippen MR) is 165 cm³/mol. The van der Waals surface area contributed by atoms with Crippen LogP contribution in [0.3, 0.4) is 0 Å². The summed E-state index contributed by atoms with van der Waals surface area (Å²) in [6.45, 7) is 4.51. The van der Waals surface area contributed by atoms with E-state index in [1.165, 1.54) is 103 Å². The Bertz CT molecular complexity index is 557. The molecule has 0 aromatic carbocycles. The van der Waals surface area contributed by atoms with Crippen molar-refractivity contribution in [1.82, 2.24) is 0 Å². The van der Waals surface area contributed by atoms with Crippen molar-refractivity contribution >= 4 is 11.9 Å². The van der Waals surface area contributed by atoms with Gasteiger partial charge in [0, 0.05) is 12.4 Å². The zero-order valence-corrected chi connectivity index (χ0v) is 26.2. The highest BCUT2D eigenvalue weighted by molar-refractivity contribution is 5.69. The minimum Gasteiger partial charge on any atom is -0.550 e. The molecule has 0 saturated heterocycles. The van der Waals surface area contributed by atoms with Gasteiger partial charge in [0.2, 0.25) is 0 Å². The minimum absolute atomic E-state index is 0.0130. The number of hydrogen-bond acceptors (Lipinski definition) is 4. The fourth-order valence-corrected chi connectivity index (χ4v) is 5.17. The summed E-state index contributed by atoms with van der Waals surface area (Å²) < 4.78 is 5.94. The molecule has 0 N–H and O–H groups in total. The van der Waals surface area contributed by atoms with Gasteiger partial charge in [0.1, 0.15) is 6.10 Å². The molecule has 0 radical (unpaired) electrons. The molecule has 0 amide bonds. The van der Waals surface area contributed by atoms with Crippen LogP contribution in [0, 0.1) is 0 Å². The molecule has 230 valence electrons. The lowest BCUT2D eigenvalue weighted by Gasteiger charge is -2.18. The van der Waals surface area contributed by atoms with Crippen LogP contribution < -0.4 is 5.11 Å². The van der Waals surface area contributed by atoms with Gasteiger partial charge in [-0.3, -0.25) is 4.79 Å². The molecule has 0 aliphatic rings. The molecule has 0 aliphatic carbocycles. The van der Waals surface area contributed by atoms with Crippen LogP contribution in [0.1, 0.15) is 194 Å². The van der Waals surface area contributed by atoms with Crippen LogP contribution in [0.2, 0.25) is 0 Å². The number of rotatable bonds is 31. The number of unbranched alkanes of at least 4 members (excludes halogenated alkanes) is 20. The van der Waals surface area contributed by atoms with Gasteiger partial charge in [-0.15, -0.1) is 0 Å². The molecule has 0 saturated carbocycles. The molecule has 0 rings (SSSR count). The molecule has 0 aromatic rings. The van der Waals surface area contributed by atoms with E-state index in [2.05, 4.69) is 26.0 Å². The Labute approximate surface area is 243 Å². The summed E-state index contributed by atoms with van der Waals surface area (Å²) in [5.41, 5.74) is 0. The van der Waals surface area contributed by atoms with Gasteiger partial charge < -0.3 is 14.6 Å². The van der Waals surface area contributed by atoms with Crippen molar-refractivity contribution in [3.8, 4) is 0 Å². The van der Waals surface area contributed by atoms with Gasteiger partial charge in [-0.2, -0.15) is 0 Å². The number of carboxylic acids is 1. The molecule has 1 atom stereocenters. The van der Waals surface area contributed by atoms with Crippen LogP contribution in [-0.4, -0.2) is 18.0 Å². The molecule has 39 heavy (non-hydrogen) atoms. The number of carbonyl (C=O) groups excluding carboxylic acids is 2. The van der Waals surface area contributed by atoms with E-state index in [9.17, 15) is 14.7 Å². The first-order valence-electron chi connectivity index (χ1n) is 17.1. The van der Waals surface area contributed by atoms with Crippen LogP contribution in [0.25, 0.3) is 0 Å². The third-order valence-corrected chi connectivity index (χ3v) is 7.73. The van der Waals surface area contributed by atoms with Crippen molar-refractivity contribution < 1.29 is 19.4 Å². The zero-order valence-electron chi connectivity index (χ0n) is 26.2. The van der Waals surface area contributed by atoms with E-state index in [4.69, 9.17) is 4.74 Å². The van der Waals surface area contributed by atoms with Crippen molar-refractivity contribution in [3.63, 3.8) is 0 Å². The van der Waals surface area contributed by atoms with Crippen molar-refractivity contribution in [2.75, 3.05) is 0 Å². The Morgan fingerprint density at radius 2 is 0.923 bits per heavy atom. The maximum atomic E-state index is 12.5. The number of ether oxygens (including phenoxy) is 1. The number of hydrogen-bond donors (Lipinski definition) is 0. The van der Waals surface area contributed by atoms with E-state index in [-0.39, 0.29) is 18.5 Å². The standard InChI is InChI=1S/C35H66O4/c1-3-5-7-9-11-12-13-14-15-16-17-19-24-28-32-35(38)39-33(29-25-21-18-10-8-6-4-2)30-26-22-20-23-27-31-34(36)37/h12-13,33H,3-11,14-32H2,1-2H3,(H,36,37)/p-1/b13-12-. The fourth-order valence-electron chi connectivity index (χ4n) is 5.17. The largest absolute Gasteiger partial charge is 0.550 e. The molecule has 4 nitrogen and oxygen atoms in total. The second kappa shape index (κ2) is 31.2. The lowest BCUT2D eigenvalue weighted by atomic mass is 10.0. The second-order valence-corrected chi connectivity index (χ2v) is 11.7. The molecule has 0 bridgehead atoms. The van der Waals surface area contributed by atoms with Gasteiger partial charge in [-0.05, 0) is 70.6 Å². The van der Waals surface area contributed by atoms with Crippen LogP contribution in [0.5, 0.6) is 0 Å². The summed E-state index contributed by atoms with van der Waals surface area (Å²) in [6, 6.07) is 0. The third kappa shape index (κ3) is 31.1. The Hall–Kier alpha value is -1.32. The van der Waals surface area contributed by atoms with Gasteiger partial charge in [0.15, 0.2) is 0 Å². The SMILES string of the molecule is CCCCCC/C=C\CCCCCCCCC(=O)OC(CCCCCCCCC)CCCCCCCC(=O)[O-]. The Kier molecular flexibility index (Phi) is 30.2. The lowest BCUT2D eigenvalue weighted by molar-refractivity contribution is -0.305. The van der Waals surface area contributed by atoms with E-state index >= 15 is 0 Å². The number of allylic oxidation sites excluding steroid dienone is 2. The summed E-state index contributed by atoms with van der Waals surface area (Å²) in [5.74, 6) is -0.964. The quantitative estimate of drug-likeness (QED) is 0.0490. The van der Waals surface area contributed by atoms with E-state index in [0.29, 0.717) is 12.8 Å². The number of carbonyl (C=O) groups is 2. The molecule has 0 aromatic heterocycles. The van der Waals surface area contributed by atoms with Crippen LogP contribution in [-0.2, 0) is 14.3 Å². The normalized spacial score (nSPS) is 12.3. The average molecular weight is 550 g/mol. The number of carboxylic acid groups (broad SMARTS) is 1. The fraction of sp³-hybridized carbons (Fsp3) is 0.886. The highest BCUT2D eigenvalue weighted by Crippen LogP contribution is 2.18. The lowest BCUT2D eigenvalue weighted by Crippen LogP contribution is -2.21. The van der Waals surface area contributed by atoms with Gasteiger partial charge in [-0.25, -0.2) is 0 Å². The first-order valence-corrected chi connectivity index (χ1v) is 17.1. The number of esters is 1. The summed E-state index contributed by atoms with van der Waals surface area (Å²) in [7, 11) is 0. The number of aliphatic carboxylic acids is 1. The van der Waals surface area contributed by atoms with Gasteiger partial charge in [0.05, 0.1) is 0 Å². The Balaban J connectivity index is 3.96. The first kappa shape index (κ1) is 37.7. The first-order chi connectivity index (χ1) is 19.1. The molecule has 0 fully saturated rings. The van der Waals surface area contributed by atoms with Crippen LogP contribution in [0.4, 0.5) is 0 Å². The summed E-state index contributed by atoms with van der Waals surface area (Å²) in [4.78, 5) is 23.1. The van der Waals surface area contributed by atoms with Gasteiger partial charge >= 0.3 is 5.97 Å². The van der Waals surface area contributed by atoms with Crippen molar-refractivity contribution in [1.29, 1.82) is 0 Å². The molecule has 0 spiro atoms. The predicted octanol–water partition coefficient (Wildman–Crippen LogP) is 10.2. The molecular formula is C35H65O4-. The van der Waals surface area contributed by atoms with E-state index in [1.807, 2.05) is 0 Å². The average Bonchev–Trinajstić information content (AvgIpc) is 2.91. The Morgan fingerprint density at radius 1 is 0.538 bits per heavy atom. The zero-order chi connectivity index (χ0) is 28.7. The van der Waals surface area contributed by atoms with Crippen molar-refractivity contribution in [2.45, 2.75) is 200 Å². The topological polar surface area (TPSA) is 66.4 Å². The van der Waals surface area contributed by atoms with Crippen molar-refractivity contribution in [3.05, 3.63) is 12.2 Å². The second-order valence-electron chi connectivity index (χ2n) is 11.7. The summed E-state index contributed by atoms with van der Waals surface area (Å²) >= 11 is 0. The van der Waals surface area contributed by atoms with Gasteiger partial charge in [0.25, 0.3) is 0 Å². The van der Waals surface area contributed by atoms with E-state index in [0.717, 1.165) is 57.8 Å². The molecule has 0 aliphatic heterocycles. The molecule has 0 heterocycles. The highest BCUT2D eigenvalue weighted by atomic mass is 16.5. The summed E-state index contributed by atoms with van der Waals surface area (Å²) in [6.07, 6.45) is 36.1. The maximum Gasteiger partial charge on any atom is 0.306 e. The minimum atomic E-state index is -0.951. The Morgan fingerprint density at radius 3 is 1.41 bits per heavy atom. The highest BCUT2D eigenvalue weighted by Gasteiger charge is 2.14.